The molecule has 2 atom stereocenters. The number of thiocarbonyl (C=S) groups is 1. The molecule has 3 nitrogen and oxygen atoms in total. The molecule has 2 bridgehead atoms. The van der Waals surface area contributed by atoms with Crippen LogP contribution in [0.2, 0.25) is 5.02 Å². The molecule has 22 heavy (non-hydrogen) atoms. The van der Waals surface area contributed by atoms with Gasteiger partial charge in [0.15, 0.2) is 10.8 Å². The van der Waals surface area contributed by atoms with E-state index in [1.54, 1.807) is 0 Å². The maximum atomic E-state index is 6.34. The van der Waals surface area contributed by atoms with Gasteiger partial charge in [-0.05, 0) is 37.3 Å². The van der Waals surface area contributed by atoms with E-state index in [2.05, 4.69) is 12.2 Å². The molecule has 0 aliphatic carbocycles. The second-order valence-corrected chi connectivity index (χ2v) is 6.61. The van der Waals surface area contributed by atoms with Crippen molar-refractivity contribution < 1.29 is 4.74 Å². The number of benzene rings is 2. The number of ether oxygens (including phenoxy) is 1. The van der Waals surface area contributed by atoms with Crippen LogP contribution in [0.15, 0.2) is 48.5 Å². The number of hydrogen-bond donors (Lipinski definition) is 1. The van der Waals surface area contributed by atoms with Crippen LogP contribution in [0.4, 0.5) is 5.69 Å². The minimum atomic E-state index is -0.549. The molecule has 1 N–H and O–H groups in total. The molecule has 2 aliphatic heterocycles. The summed E-state index contributed by atoms with van der Waals surface area (Å²) >= 11 is 11.9. The predicted octanol–water partition coefficient (Wildman–Crippen LogP) is 4.27. The Balaban J connectivity index is 1.84. The maximum absolute atomic E-state index is 6.34. The predicted molar refractivity (Wildman–Crippen MR) is 92.5 cm³/mol. The van der Waals surface area contributed by atoms with Gasteiger partial charge in [-0.15, -0.1) is 0 Å². The van der Waals surface area contributed by atoms with Crippen LogP contribution in [0, 0.1) is 0 Å². The number of nitrogens with zero attached hydrogens (tertiary/aromatic N) is 1. The van der Waals surface area contributed by atoms with Crippen molar-refractivity contribution in [3.63, 3.8) is 0 Å². The Bertz CT molecular complexity index is 752. The van der Waals surface area contributed by atoms with Gasteiger partial charge in [0.2, 0.25) is 0 Å². The van der Waals surface area contributed by atoms with Gasteiger partial charge in [-0.3, -0.25) is 4.90 Å². The Morgan fingerprint density at radius 3 is 2.77 bits per heavy atom. The summed E-state index contributed by atoms with van der Waals surface area (Å²) in [5.74, 6) is 0.749. The highest BCUT2D eigenvalue weighted by molar-refractivity contribution is 7.80. The highest BCUT2D eigenvalue weighted by atomic mass is 35.5. The Labute approximate surface area is 139 Å². The van der Waals surface area contributed by atoms with E-state index in [4.69, 9.17) is 28.6 Å². The van der Waals surface area contributed by atoms with Crippen molar-refractivity contribution >= 4 is 34.6 Å². The molecule has 2 aromatic carbocycles. The molecule has 0 unspecified atom stereocenters. The third-order valence-corrected chi connectivity index (χ3v) is 4.86. The minimum Gasteiger partial charge on any atom is -0.466 e. The van der Waals surface area contributed by atoms with Crippen LogP contribution in [0.1, 0.15) is 24.9 Å². The topological polar surface area (TPSA) is 24.5 Å². The first-order valence-electron chi connectivity index (χ1n) is 7.22. The number of nitrogens with one attached hydrogen (secondary N) is 1. The highest BCUT2D eigenvalue weighted by Gasteiger charge is 2.48. The minimum absolute atomic E-state index is 0.125. The van der Waals surface area contributed by atoms with Crippen molar-refractivity contribution in [3.8, 4) is 5.75 Å². The average Bonchev–Trinajstić information content (AvgIpc) is 2.49. The Hall–Kier alpha value is -1.78. The monoisotopic (exact) mass is 330 g/mol. The van der Waals surface area contributed by atoms with Crippen LogP contribution in [-0.2, 0) is 0 Å². The summed E-state index contributed by atoms with van der Waals surface area (Å²) in [6.45, 7) is 2.06. The lowest BCUT2D eigenvalue weighted by Crippen LogP contribution is -2.65. The Morgan fingerprint density at radius 2 is 2.00 bits per heavy atom. The van der Waals surface area contributed by atoms with Gasteiger partial charge >= 0.3 is 0 Å². The normalized spacial score (nSPS) is 26.0. The van der Waals surface area contributed by atoms with E-state index in [1.165, 1.54) is 0 Å². The number of rotatable bonds is 1. The van der Waals surface area contributed by atoms with Crippen molar-refractivity contribution in [2.75, 3.05) is 4.90 Å². The highest BCUT2D eigenvalue weighted by Crippen LogP contribution is 2.47. The van der Waals surface area contributed by atoms with E-state index in [-0.39, 0.29) is 6.04 Å². The molecule has 0 saturated carbocycles. The molecular formula is C17H15ClN2OS. The molecule has 0 amide bonds. The third-order valence-electron chi connectivity index (χ3n) is 4.27. The summed E-state index contributed by atoms with van der Waals surface area (Å²) in [7, 11) is 0. The lowest BCUT2D eigenvalue weighted by atomic mass is 9.90. The number of para-hydroxylation sites is 2. The summed E-state index contributed by atoms with van der Waals surface area (Å²) in [6.07, 6.45) is 0.801. The van der Waals surface area contributed by atoms with Crippen LogP contribution < -0.4 is 15.0 Å². The number of fused-ring (bicyclic) bond motifs is 4. The van der Waals surface area contributed by atoms with Crippen molar-refractivity contribution in [2.24, 2.45) is 0 Å². The van der Waals surface area contributed by atoms with Crippen LogP contribution in [0.25, 0.3) is 0 Å². The van der Waals surface area contributed by atoms with Gasteiger partial charge in [0.25, 0.3) is 0 Å². The Morgan fingerprint density at radius 1 is 1.23 bits per heavy atom. The van der Waals surface area contributed by atoms with E-state index in [0.717, 1.165) is 23.4 Å². The molecule has 4 rings (SSSR count). The molecule has 2 heterocycles. The van der Waals surface area contributed by atoms with Crippen LogP contribution in [-0.4, -0.2) is 10.8 Å². The van der Waals surface area contributed by atoms with Crippen molar-refractivity contribution in [1.82, 2.24) is 5.32 Å². The fourth-order valence-corrected chi connectivity index (χ4v) is 3.98. The smallest absolute Gasteiger partial charge is 0.188 e. The van der Waals surface area contributed by atoms with Crippen molar-refractivity contribution in [2.45, 2.75) is 25.1 Å². The van der Waals surface area contributed by atoms with Crippen LogP contribution >= 0.6 is 23.8 Å². The van der Waals surface area contributed by atoms with E-state index in [9.17, 15) is 0 Å². The molecule has 2 aromatic rings. The summed E-state index contributed by atoms with van der Waals surface area (Å²) in [5, 5.41) is 4.74. The first kappa shape index (κ1) is 13.9. The van der Waals surface area contributed by atoms with Crippen LogP contribution in [0.3, 0.4) is 0 Å². The van der Waals surface area contributed by atoms with Gasteiger partial charge in [-0.2, -0.15) is 0 Å². The fourth-order valence-electron chi connectivity index (χ4n) is 3.32. The van der Waals surface area contributed by atoms with E-state index >= 15 is 0 Å². The Kier molecular flexibility index (Phi) is 3.06. The number of halogens is 1. The van der Waals surface area contributed by atoms with E-state index in [0.29, 0.717) is 10.1 Å². The summed E-state index contributed by atoms with van der Waals surface area (Å²) in [5.41, 5.74) is 1.53. The molecule has 0 radical (unpaired) electrons. The summed E-state index contributed by atoms with van der Waals surface area (Å²) in [4.78, 5) is 2.03. The zero-order valence-corrected chi connectivity index (χ0v) is 13.6. The van der Waals surface area contributed by atoms with Gasteiger partial charge in [0, 0.05) is 17.7 Å². The van der Waals surface area contributed by atoms with Gasteiger partial charge in [-0.25, -0.2) is 0 Å². The molecular weight excluding hydrogens is 316 g/mol. The van der Waals surface area contributed by atoms with E-state index < -0.39 is 5.72 Å². The van der Waals surface area contributed by atoms with Crippen molar-refractivity contribution in [1.29, 1.82) is 0 Å². The van der Waals surface area contributed by atoms with Gasteiger partial charge in [0.1, 0.15) is 5.75 Å². The zero-order chi connectivity index (χ0) is 15.3. The largest absolute Gasteiger partial charge is 0.466 e. The fraction of sp³-hybridized carbons (Fsp3) is 0.235. The third kappa shape index (κ3) is 1.98. The second-order valence-electron chi connectivity index (χ2n) is 5.81. The first-order chi connectivity index (χ1) is 10.6. The average molecular weight is 331 g/mol. The quantitative estimate of drug-likeness (QED) is 0.789. The molecule has 1 fully saturated rings. The first-order valence-corrected chi connectivity index (χ1v) is 8.00. The standard InChI is InChI=1S/C17H15ClN2OS/c1-17-10-14(12-8-5-9-13(18)15(12)21-17)19-16(22)20(17)11-6-3-2-4-7-11/h2-9,14H,10H2,1H3,(H,19,22)/t14-,17+/m1/s1. The van der Waals surface area contributed by atoms with Gasteiger partial charge in [-0.1, -0.05) is 41.9 Å². The number of anilines is 1. The van der Waals surface area contributed by atoms with Gasteiger partial charge in [0.05, 0.1) is 11.1 Å². The number of hydrogen-bond acceptors (Lipinski definition) is 2. The molecule has 5 heteroatoms. The van der Waals surface area contributed by atoms with Crippen LogP contribution in [0.5, 0.6) is 5.75 Å². The molecule has 0 spiro atoms. The summed E-state index contributed by atoms with van der Waals surface area (Å²) < 4.78 is 6.32. The van der Waals surface area contributed by atoms with Gasteiger partial charge < -0.3 is 10.1 Å². The molecule has 1 saturated heterocycles. The molecule has 2 aliphatic rings. The second kappa shape index (κ2) is 4.86. The summed E-state index contributed by atoms with van der Waals surface area (Å²) in [6, 6.07) is 16.0. The lowest BCUT2D eigenvalue weighted by Gasteiger charge is -2.52. The molecule has 112 valence electrons. The lowest BCUT2D eigenvalue weighted by molar-refractivity contribution is 0.0499. The zero-order valence-electron chi connectivity index (χ0n) is 12.0. The van der Waals surface area contributed by atoms with E-state index in [1.807, 2.05) is 53.4 Å². The maximum Gasteiger partial charge on any atom is 0.188 e. The van der Waals surface area contributed by atoms with Crippen molar-refractivity contribution in [3.05, 3.63) is 59.1 Å². The molecule has 0 aromatic heterocycles. The SMILES string of the molecule is C[C@]12C[C@@H](NC(=S)N1c1ccccc1)c1cccc(Cl)c1O2.